The van der Waals surface area contributed by atoms with Crippen LogP contribution in [0, 0.1) is 0 Å². The van der Waals surface area contributed by atoms with Crippen LogP contribution in [-0.4, -0.2) is 5.17 Å². The predicted octanol–water partition coefficient (Wildman–Crippen LogP) is 3.12. The molecule has 0 aliphatic carbocycles. The SMILES string of the molecule is [O]C(=S)Nc1cccc(Cl)c1Cl. The van der Waals surface area contributed by atoms with Gasteiger partial charge in [-0.25, -0.2) is 0 Å². The van der Waals surface area contributed by atoms with Crippen molar-refractivity contribution >= 4 is 46.3 Å². The maximum Gasteiger partial charge on any atom is 0.314 e. The quantitative estimate of drug-likeness (QED) is 0.738. The fraction of sp³-hybridized carbons (Fsp3) is 0. The number of anilines is 1. The van der Waals surface area contributed by atoms with Gasteiger partial charge in [-0.1, -0.05) is 29.3 Å². The molecule has 0 amide bonds. The second-order valence-electron chi connectivity index (χ2n) is 2.01. The van der Waals surface area contributed by atoms with E-state index in [4.69, 9.17) is 23.2 Å². The van der Waals surface area contributed by atoms with Crippen LogP contribution in [0.5, 0.6) is 0 Å². The first-order valence-electron chi connectivity index (χ1n) is 3.03. The van der Waals surface area contributed by atoms with Gasteiger partial charge in [0.2, 0.25) is 0 Å². The van der Waals surface area contributed by atoms with Crippen molar-refractivity contribution in [3.63, 3.8) is 0 Å². The number of halogens is 2. The van der Waals surface area contributed by atoms with E-state index in [0.29, 0.717) is 15.7 Å². The third-order valence-electron chi connectivity index (χ3n) is 1.19. The van der Waals surface area contributed by atoms with Crippen LogP contribution in [0.4, 0.5) is 5.69 Å². The van der Waals surface area contributed by atoms with E-state index >= 15 is 0 Å². The van der Waals surface area contributed by atoms with Crippen LogP contribution >= 0.6 is 35.4 Å². The second-order valence-corrected chi connectivity index (χ2v) is 3.17. The Morgan fingerprint density at radius 2 is 2.08 bits per heavy atom. The Morgan fingerprint density at radius 1 is 1.42 bits per heavy atom. The van der Waals surface area contributed by atoms with Crippen LogP contribution in [0.1, 0.15) is 0 Å². The topological polar surface area (TPSA) is 31.9 Å². The van der Waals surface area contributed by atoms with Crippen LogP contribution in [0.2, 0.25) is 10.0 Å². The molecule has 0 fully saturated rings. The fourth-order valence-corrected chi connectivity index (χ4v) is 1.17. The lowest BCUT2D eigenvalue weighted by molar-refractivity contribution is 0.440. The number of hydrogen-bond donors (Lipinski definition) is 1. The van der Waals surface area contributed by atoms with Crippen LogP contribution in [0.3, 0.4) is 0 Å². The molecule has 5 heteroatoms. The van der Waals surface area contributed by atoms with Crippen molar-refractivity contribution in [1.29, 1.82) is 0 Å². The zero-order chi connectivity index (χ0) is 9.14. The number of thiocarbonyl (C=S) groups is 1. The minimum atomic E-state index is -0.584. The van der Waals surface area contributed by atoms with Gasteiger partial charge in [0, 0.05) is 0 Å². The summed E-state index contributed by atoms with van der Waals surface area (Å²) in [4.78, 5) is 0. The minimum Gasteiger partial charge on any atom is -0.312 e. The van der Waals surface area contributed by atoms with E-state index in [1.54, 1.807) is 18.2 Å². The average molecular weight is 221 g/mol. The summed E-state index contributed by atoms with van der Waals surface area (Å²) in [7, 11) is 0. The summed E-state index contributed by atoms with van der Waals surface area (Å²) in [5.41, 5.74) is 0.434. The van der Waals surface area contributed by atoms with Gasteiger partial charge in [-0.15, -0.1) is 0 Å². The van der Waals surface area contributed by atoms with Crippen LogP contribution < -0.4 is 5.32 Å². The van der Waals surface area contributed by atoms with Gasteiger partial charge in [-0.3, -0.25) is 5.11 Å². The molecule has 0 unspecified atom stereocenters. The maximum absolute atomic E-state index is 10.5. The van der Waals surface area contributed by atoms with Crippen molar-refractivity contribution < 1.29 is 5.11 Å². The number of hydrogen-bond acceptors (Lipinski definition) is 1. The Morgan fingerprint density at radius 3 is 2.67 bits per heavy atom. The van der Waals surface area contributed by atoms with Crippen LogP contribution in [-0.2, 0) is 5.11 Å². The van der Waals surface area contributed by atoms with Gasteiger partial charge in [-0.05, 0) is 24.4 Å². The molecule has 1 aromatic rings. The molecule has 0 bridgehead atoms. The summed E-state index contributed by atoms with van der Waals surface area (Å²) < 4.78 is 0. The summed E-state index contributed by atoms with van der Waals surface area (Å²) in [6.07, 6.45) is 0. The lowest BCUT2D eigenvalue weighted by Gasteiger charge is -2.03. The van der Waals surface area contributed by atoms with E-state index in [9.17, 15) is 5.11 Å². The first kappa shape index (κ1) is 9.58. The molecular formula is C7H4Cl2NOS. The van der Waals surface area contributed by atoms with Gasteiger partial charge in [0.1, 0.15) is 0 Å². The average Bonchev–Trinajstić information content (AvgIpc) is 1.98. The van der Waals surface area contributed by atoms with Gasteiger partial charge >= 0.3 is 5.17 Å². The first-order chi connectivity index (χ1) is 5.61. The summed E-state index contributed by atoms with van der Waals surface area (Å²) in [5, 5.41) is 13.0. The van der Waals surface area contributed by atoms with Crippen molar-refractivity contribution in [1.82, 2.24) is 0 Å². The van der Waals surface area contributed by atoms with E-state index in [2.05, 4.69) is 17.5 Å². The van der Waals surface area contributed by atoms with E-state index < -0.39 is 5.17 Å². The Bertz CT molecular complexity index is 316. The van der Waals surface area contributed by atoms with Crippen molar-refractivity contribution in [3.05, 3.63) is 28.2 Å². The molecule has 0 saturated heterocycles. The van der Waals surface area contributed by atoms with Crippen molar-refractivity contribution in [2.75, 3.05) is 5.32 Å². The molecule has 0 heterocycles. The van der Waals surface area contributed by atoms with Gasteiger partial charge in [0.05, 0.1) is 15.7 Å². The molecule has 0 aliphatic heterocycles. The molecular weight excluding hydrogens is 217 g/mol. The molecule has 0 aliphatic rings. The highest BCUT2D eigenvalue weighted by atomic mass is 35.5. The van der Waals surface area contributed by atoms with Gasteiger partial charge < -0.3 is 5.32 Å². The summed E-state index contributed by atoms with van der Waals surface area (Å²) in [6.45, 7) is 0. The molecule has 2 nitrogen and oxygen atoms in total. The lowest BCUT2D eigenvalue weighted by atomic mass is 10.3. The number of benzene rings is 1. The second kappa shape index (κ2) is 3.94. The summed E-state index contributed by atoms with van der Waals surface area (Å²) >= 11 is 15.7. The number of nitrogens with one attached hydrogen (secondary N) is 1. The standard InChI is InChI=1S/C7H4Cl2NOS/c8-4-2-1-3-5(6(4)9)10-7(11)12/h1-3H,(H,10,12). The Labute approximate surface area is 85.1 Å². The van der Waals surface area contributed by atoms with Crippen molar-refractivity contribution in [2.45, 2.75) is 0 Å². The molecule has 0 atom stereocenters. The molecule has 0 spiro atoms. The highest BCUT2D eigenvalue weighted by Gasteiger charge is 2.04. The summed E-state index contributed by atoms with van der Waals surface area (Å²) in [5.74, 6) is 0. The van der Waals surface area contributed by atoms with E-state index in [-0.39, 0.29) is 0 Å². The fourth-order valence-electron chi connectivity index (χ4n) is 0.710. The lowest BCUT2D eigenvalue weighted by Crippen LogP contribution is -2.05. The van der Waals surface area contributed by atoms with Crippen molar-refractivity contribution in [3.8, 4) is 0 Å². The predicted molar refractivity (Wildman–Crippen MR) is 53.4 cm³/mol. The van der Waals surface area contributed by atoms with Gasteiger partial charge in [-0.2, -0.15) is 0 Å². The third kappa shape index (κ3) is 2.24. The molecule has 12 heavy (non-hydrogen) atoms. The minimum absolute atomic E-state index is 0.303. The van der Waals surface area contributed by atoms with E-state index in [1.165, 1.54) is 0 Å². The number of rotatable bonds is 1. The molecule has 1 aromatic carbocycles. The monoisotopic (exact) mass is 220 g/mol. The van der Waals surface area contributed by atoms with E-state index in [1.807, 2.05) is 0 Å². The first-order valence-corrected chi connectivity index (χ1v) is 4.19. The molecule has 0 aromatic heterocycles. The molecule has 1 rings (SSSR count). The molecule has 0 saturated carbocycles. The molecule has 1 N–H and O–H groups in total. The third-order valence-corrected chi connectivity index (χ3v) is 2.11. The molecule has 63 valence electrons. The molecule has 1 radical (unpaired) electrons. The van der Waals surface area contributed by atoms with Crippen molar-refractivity contribution in [2.24, 2.45) is 0 Å². The normalized spacial score (nSPS) is 9.50. The van der Waals surface area contributed by atoms with Gasteiger partial charge in [0.25, 0.3) is 0 Å². The highest BCUT2D eigenvalue weighted by Crippen LogP contribution is 2.29. The van der Waals surface area contributed by atoms with Gasteiger partial charge in [0.15, 0.2) is 0 Å². The van der Waals surface area contributed by atoms with Crippen LogP contribution in [0.25, 0.3) is 0 Å². The zero-order valence-corrected chi connectivity index (χ0v) is 8.13. The maximum atomic E-state index is 10.5. The Hall–Kier alpha value is -0.510. The Balaban J connectivity index is 3.00. The zero-order valence-electron chi connectivity index (χ0n) is 5.80. The van der Waals surface area contributed by atoms with Crippen LogP contribution in [0.15, 0.2) is 18.2 Å². The smallest absolute Gasteiger partial charge is 0.312 e. The largest absolute Gasteiger partial charge is 0.314 e. The Kier molecular flexibility index (Phi) is 3.14. The summed E-state index contributed by atoms with van der Waals surface area (Å²) in [6, 6.07) is 4.93. The highest BCUT2D eigenvalue weighted by molar-refractivity contribution is 7.80. The van der Waals surface area contributed by atoms with E-state index in [0.717, 1.165) is 0 Å².